The molecule has 3 aromatic heterocycles. The number of nitro benzene ring substituents is 1. The van der Waals surface area contributed by atoms with Gasteiger partial charge < -0.3 is 4.98 Å². The Balaban J connectivity index is 2.17. The SMILES string of the molecule is Cc1nc2sc3c4ccc([N+](=O)[O-])cc4[nH]c3c2c(C)c1Br. The first-order valence-electron chi connectivity index (χ1n) is 6.62. The van der Waals surface area contributed by atoms with E-state index in [1.54, 1.807) is 29.5 Å². The molecule has 3 heterocycles. The van der Waals surface area contributed by atoms with Gasteiger partial charge in [0.25, 0.3) is 5.69 Å². The molecule has 0 spiro atoms. The molecule has 5 nitrogen and oxygen atoms in total. The lowest BCUT2D eigenvalue weighted by molar-refractivity contribution is -0.384. The van der Waals surface area contributed by atoms with Crippen molar-refractivity contribution in [1.82, 2.24) is 9.97 Å². The third-order valence-electron chi connectivity index (χ3n) is 3.90. The standard InChI is InChI=1S/C15H10BrN3O2S/c1-6-11-13-14(22-15(11)17-7(2)12(6)16)9-4-3-8(19(20)21)5-10(9)18-13/h3-5,18H,1-2H3. The molecule has 7 heteroatoms. The summed E-state index contributed by atoms with van der Waals surface area (Å²) in [5.41, 5.74) is 3.98. The maximum atomic E-state index is 10.9. The summed E-state index contributed by atoms with van der Waals surface area (Å²) in [5, 5.41) is 13.0. The van der Waals surface area contributed by atoms with Crippen molar-refractivity contribution >= 4 is 64.3 Å². The van der Waals surface area contributed by atoms with E-state index in [4.69, 9.17) is 0 Å². The molecular weight excluding hydrogens is 366 g/mol. The highest BCUT2D eigenvalue weighted by atomic mass is 79.9. The number of H-pyrrole nitrogens is 1. The molecule has 1 N–H and O–H groups in total. The van der Waals surface area contributed by atoms with Crippen molar-refractivity contribution in [2.75, 3.05) is 0 Å². The molecule has 0 aliphatic heterocycles. The van der Waals surface area contributed by atoms with Crippen molar-refractivity contribution in [1.29, 1.82) is 0 Å². The van der Waals surface area contributed by atoms with E-state index < -0.39 is 0 Å². The second-order valence-corrected chi connectivity index (χ2v) is 7.03. The number of thiophene rings is 1. The van der Waals surface area contributed by atoms with Crippen LogP contribution in [-0.2, 0) is 0 Å². The topological polar surface area (TPSA) is 71.8 Å². The van der Waals surface area contributed by atoms with Crippen molar-refractivity contribution in [3.63, 3.8) is 0 Å². The van der Waals surface area contributed by atoms with Gasteiger partial charge in [0.2, 0.25) is 0 Å². The first-order chi connectivity index (χ1) is 10.5. The zero-order chi connectivity index (χ0) is 15.6. The first-order valence-corrected chi connectivity index (χ1v) is 8.23. The zero-order valence-corrected chi connectivity index (χ0v) is 14.1. The van der Waals surface area contributed by atoms with Crippen molar-refractivity contribution < 1.29 is 4.92 Å². The van der Waals surface area contributed by atoms with E-state index in [-0.39, 0.29) is 10.6 Å². The molecule has 0 saturated heterocycles. The van der Waals surface area contributed by atoms with Gasteiger partial charge in [0.05, 0.1) is 26.4 Å². The van der Waals surface area contributed by atoms with Crippen LogP contribution in [-0.4, -0.2) is 14.9 Å². The minimum atomic E-state index is -0.376. The van der Waals surface area contributed by atoms with Crippen LogP contribution in [0.2, 0.25) is 0 Å². The number of fused-ring (bicyclic) bond motifs is 5. The predicted molar refractivity (Wildman–Crippen MR) is 92.8 cm³/mol. The highest BCUT2D eigenvalue weighted by molar-refractivity contribution is 9.10. The summed E-state index contributed by atoms with van der Waals surface area (Å²) in [6, 6.07) is 4.93. The Kier molecular flexibility index (Phi) is 2.79. The van der Waals surface area contributed by atoms with Crippen molar-refractivity contribution in [3.8, 4) is 0 Å². The van der Waals surface area contributed by atoms with Crippen LogP contribution in [0.3, 0.4) is 0 Å². The van der Waals surface area contributed by atoms with Crippen LogP contribution >= 0.6 is 27.3 Å². The fourth-order valence-electron chi connectivity index (χ4n) is 2.82. The van der Waals surface area contributed by atoms with Crippen molar-refractivity contribution in [2.24, 2.45) is 0 Å². The van der Waals surface area contributed by atoms with E-state index in [0.717, 1.165) is 47.1 Å². The number of halogens is 1. The van der Waals surface area contributed by atoms with Crippen molar-refractivity contribution in [3.05, 3.63) is 44.0 Å². The number of nitrogens with one attached hydrogen (secondary N) is 1. The van der Waals surface area contributed by atoms with Crippen LogP contribution in [0.25, 0.3) is 31.3 Å². The van der Waals surface area contributed by atoms with Crippen LogP contribution in [0.5, 0.6) is 0 Å². The summed E-state index contributed by atoms with van der Waals surface area (Å²) in [6.45, 7) is 4.04. The number of nitro groups is 1. The Hall–Kier alpha value is -1.99. The molecule has 4 rings (SSSR count). The number of non-ortho nitro benzene ring substituents is 1. The normalized spacial score (nSPS) is 11.8. The summed E-state index contributed by atoms with van der Waals surface area (Å²) >= 11 is 5.20. The fraction of sp³-hybridized carbons (Fsp3) is 0.133. The number of aromatic nitrogens is 2. The number of rotatable bonds is 1. The molecule has 110 valence electrons. The second kappa shape index (κ2) is 4.50. The molecule has 0 saturated carbocycles. The zero-order valence-electron chi connectivity index (χ0n) is 11.7. The lowest BCUT2D eigenvalue weighted by Crippen LogP contribution is -1.88. The van der Waals surface area contributed by atoms with Crippen molar-refractivity contribution in [2.45, 2.75) is 13.8 Å². The number of nitrogens with zero attached hydrogens (tertiary/aromatic N) is 2. The number of hydrogen-bond donors (Lipinski definition) is 1. The van der Waals surface area contributed by atoms with Crippen LogP contribution in [0.15, 0.2) is 22.7 Å². The van der Waals surface area contributed by atoms with Gasteiger partial charge in [-0.25, -0.2) is 4.98 Å². The number of aryl methyl sites for hydroxylation is 2. The van der Waals surface area contributed by atoms with E-state index in [9.17, 15) is 10.1 Å². The quantitative estimate of drug-likeness (QED) is 0.366. The molecular formula is C15H10BrN3O2S. The highest BCUT2D eigenvalue weighted by Gasteiger charge is 2.18. The van der Waals surface area contributed by atoms with Crippen LogP contribution in [0.4, 0.5) is 5.69 Å². The maximum Gasteiger partial charge on any atom is 0.271 e. The predicted octanol–water partition coefficient (Wildman–Crippen LogP) is 5.22. The third-order valence-corrected chi connectivity index (χ3v) is 6.18. The van der Waals surface area contributed by atoms with Crippen LogP contribution < -0.4 is 0 Å². The van der Waals surface area contributed by atoms with Gasteiger partial charge in [-0.3, -0.25) is 10.1 Å². The molecule has 0 unspecified atom stereocenters. The summed E-state index contributed by atoms with van der Waals surface area (Å²) in [4.78, 5) is 19.5. The van der Waals surface area contributed by atoms with Gasteiger partial charge in [0.15, 0.2) is 0 Å². The summed E-state index contributed by atoms with van der Waals surface area (Å²) in [6.07, 6.45) is 0. The van der Waals surface area contributed by atoms with Gasteiger partial charge in [-0.1, -0.05) is 0 Å². The van der Waals surface area contributed by atoms with Gasteiger partial charge >= 0.3 is 0 Å². The van der Waals surface area contributed by atoms with E-state index in [2.05, 4.69) is 32.8 Å². The fourth-order valence-corrected chi connectivity index (χ4v) is 4.38. The molecule has 22 heavy (non-hydrogen) atoms. The van der Waals surface area contributed by atoms with Gasteiger partial charge in [-0.2, -0.15) is 0 Å². The van der Waals surface area contributed by atoms with Gasteiger partial charge in [-0.05, 0) is 41.4 Å². The Morgan fingerprint density at radius 3 is 2.86 bits per heavy atom. The second-order valence-electron chi connectivity index (χ2n) is 5.23. The molecule has 0 radical (unpaired) electrons. The molecule has 1 aromatic carbocycles. The average molecular weight is 376 g/mol. The van der Waals surface area contributed by atoms with Crippen LogP contribution in [0.1, 0.15) is 11.3 Å². The van der Waals surface area contributed by atoms with E-state index in [1.165, 1.54) is 0 Å². The Labute approximate surface area is 137 Å². The smallest absolute Gasteiger partial charge is 0.271 e. The number of hydrogen-bond acceptors (Lipinski definition) is 4. The van der Waals surface area contributed by atoms with Gasteiger partial charge in [0, 0.05) is 27.4 Å². The third kappa shape index (κ3) is 1.72. The monoisotopic (exact) mass is 375 g/mol. The summed E-state index contributed by atoms with van der Waals surface area (Å²) in [7, 11) is 0. The maximum absolute atomic E-state index is 10.9. The molecule has 0 aliphatic carbocycles. The molecule has 0 bridgehead atoms. The lowest BCUT2D eigenvalue weighted by atomic mass is 10.1. The van der Waals surface area contributed by atoms with Gasteiger partial charge in [0.1, 0.15) is 4.83 Å². The Bertz CT molecular complexity index is 1100. The molecule has 0 aliphatic rings. The lowest BCUT2D eigenvalue weighted by Gasteiger charge is -2.03. The largest absolute Gasteiger partial charge is 0.353 e. The van der Waals surface area contributed by atoms with Crippen LogP contribution in [0, 0.1) is 24.0 Å². The molecule has 0 atom stereocenters. The minimum absolute atomic E-state index is 0.0950. The molecule has 0 amide bonds. The summed E-state index contributed by atoms with van der Waals surface area (Å²) < 4.78 is 2.09. The number of pyridine rings is 1. The van der Waals surface area contributed by atoms with E-state index >= 15 is 0 Å². The number of aromatic amines is 1. The highest BCUT2D eigenvalue weighted by Crippen LogP contribution is 2.41. The Morgan fingerprint density at radius 1 is 1.36 bits per heavy atom. The first kappa shape index (κ1) is 13.7. The number of benzene rings is 1. The molecule has 4 aromatic rings. The van der Waals surface area contributed by atoms with Gasteiger partial charge in [-0.15, -0.1) is 11.3 Å². The Morgan fingerprint density at radius 2 is 2.14 bits per heavy atom. The van der Waals surface area contributed by atoms with E-state index in [0.29, 0.717) is 0 Å². The van der Waals surface area contributed by atoms with E-state index in [1.807, 2.05) is 6.92 Å². The summed E-state index contributed by atoms with van der Waals surface area (Å²) in [5.74, 6) is 0. The molecule has 0 fully saturated rings. The average Bonchev–Trinajstić information content (AvgIpc) is 2.99. The minimum Gasteiger partial charge on any atom is -0.353 e.